The van der Waals surface area contributed by atoms with E-state index < -0.39 is 29.6 Å². The monoisotopic (exact) mass is 344 g/mol. The van der Waals surface area contributed by atoms with Crippen molar-refractivity contribution in [2.24, 2.45) is 5.41 Å². The van der Waals surface area contributed by atoms with E-state index in [0.717, 1.165) is 6.08 Å². The Morgan fingerprint density at radius 2 is 1.88 bits per heavy atom. The van der Waals surface area contributed by atoms with Gasteiger partial charge in [0.25, 0.3) is 0 Å². The van der Waals surface area contributed by atoms with Gasteiger partial charge in [-0.15, -0.1) is 0 Å². The van der Waals surface area contributed by atoms with E-state index in [9.17, 15) is 28.6 Å². The molecule has 0 spiro atoms. The van der Waals surface area contributed by atoms with E-state index in [1.165, 1.54) is 13.0 Å². The van der Waals surface area contributed by atoms with Crippen molar-refractivity contribution in [3.05, 3.63) is 34.8 Å². The molecule has 0 aromatic heterocycles. The van der Waals surface area contributed by atoms with Gasteiger partial charge in [-0.25, -0.2) is 4.79 Å². The Bertz CT molecular complexity index is 678. The third-order valence-electron chi connectivity index (χ3n) is 4.67. The Hall–Kier alpha value is -2.38. The topological polar surface area (TPSA) is 93.1 Å². The van der Waals surface area contributed by atoms with E-state index in [1.807, 2.05) is 0 Å². The zero-order chi connectivity index (χ0) is 18.3. The first kappa shape index (κ1) is 18.0. The van der Waals surface area contributed by atoms with Gasteiger partial charge in [-0.05, 0) is 31.4 Å². The third kappa shape index (κ3) is 2.28. The molecular weight excluding hydrogens is 326 g/mol. The molecule has 0 bridgehead atoms. The standard InChI is InChI=1S/C16H18F2O6/c1-4-15(12(19)20)7-6-9(23-14(17)18)11-10(15)8(3)16(5-2,24-11)13(21)22/h6-7,14H,4-5H2,1-3H3,(H,19,20)(H,21,22). The quantitative estimate of drug-likeness (QED) is 0.769. The number of rotatable bonds is 6. The Balaban J connectivity index is 2.78. The minimum absolute atomic E-state index is 0.00252. The van der Waals surface area contributed by atoms with Crippen LogP contribution in [-0.2, 0) is 19.1 Å². The fraction of sp³-hybridized carbons (Fsp3) is 0.500. The Labute approximate surface area is 137 Å². The molecule has 132 valence electrons. The summed E-state index contributed by atoms with van der Waals surface area (Å²) in [5.74, 6) is -3.15. The molecule has 0 aromatic carbocycles. The lowest BCUT2D eigenvalue weighted by Gasteiger charge is -2.30. The lowest BCUT2D eigenvalue weighted by Crippen LogP contribution is -2.39. The predicted octanol–water partition coefficient (Wildman–Crippen LogP) is 3.07. The summed E-state index contributed by atoms with van der Waals surface area (Å²) in [6, 6.07) is 0. The molecule has 2 N–H and O–H groups in total. The summed E-state index contributed by atoms with van der Waals surface area (Å²) in [5, 5.41) is 19.3. The van der Waals surface area contributed by atoms with Crippen molar-refractivity contribution >= 4 is 11.9 Å². The minimum Gasteiger partial charge on any atom is -0.480 e. The van der Waals surface area contributed by atoms with Gasteiger partial charge in [0.2, 0.25) is 5.60 Å². The first-order valence-corrected chi connectivity index (χ1v) is 7.42. The maximum atomic E-state index is 12.6. The van der Waals surface area contributed by atoms with Crippen molar-refractivity contribution in [2.75, 3.05) is 0 Å². The fourth-order valence-corrected chi connectivity index (χ4v) is 3.27. The van der Waals surface area contributed by atoms with E-state index >= 15 is 0 Å². The minimum atomic E-state index is -3.15. The van der Waals surface area contributed by atoms with Crippen molar-refractivity contribution in [3.8, 4) is 0 Å². The van der Waals surface area contributed by atoms with E-state index in [0.29, 0.717) is 0 Å². The SMILES string of the molecule is CCC1(C(=O)O)C=CC(OC(F)F)=C2OC(CC)(C(=O)O)C(C)=C21. The van der Waals surface area contributed by atoms with Crippen LogP contribution >= 0.6 is 0 Å². The van der Waals surface area contributed by atoms with Crippen LogP contribution in [0.5, 0.6) is 0 Å². The number of carboxylic acid groups (broad SMARTS) is 2. The normalized spacial score (nSPS) is 28.9. The van der Waals surface area contributed by atoms with Crippen molar-refractivity contribution in [2.45, 2.75) is 45.8 Å². The number of fused-ring (bicyclic) bond motifs is 1. The molecule has 1 aliphatic carbocycles. The molecule has 2 aliphatic rings. The summed E-state index contributed by atoms with van der Waals surface area (Å²) in [5.41, 5.74) is -3.11. The van der Waals surface area contributed by atoms with Crippen LogP contribution in [0.3, 0.4) is 0 Å². The van der Waals surface area contributed by atoms with Gasteiger partial charge in [-0.1, -0.05) is 19.9 Å². The number of hydrogen-bond acceptors (Lipinski definition) is 4. The van der Waals surface area contributed by atoms with Crippen LogP contribution < -0.4 is 0 Å². The van der Waals surface area contributed by atoms with Crippen LogP contribution in [0.1, 0.15) is 33.6 Å². The number of hydrogen-bond donors (Lipinski definition) is 2. The van der Waals surface area contributed by atoms with Gasteiger partial charge in [-0.2, -0.15) is 8.78 Å². The Kier molecular flexibility index (Phi) is 4.43. The van der Waals surface area contributed by atoms with Crippen molar-refractivity contribution < 1.29 is 38.1 Å². The van der Waals surface area contributed by atoms with Crippen LogP contribution in [0.4, 0.5) is 8.78 Å². The molecule has 2 atom stereocenters. The molecule has 6 nitrogen and oxygen atoms in total. The highest BCUT2D eigenvalue weighted by molar-refractivity contribution is 5.89. The van der Waals surface area contributed by atoms with Crippen LogP contribution in [0, 0.1) is 5.41 Å². The Morgan fingerprint density at radius 3 is 2.29 bits per heavy atom. The highest BCUT2D eigenvalue weighted by Crippen LogP contribution is 2.53. The second kappa shape index (κ2) is 5.92. The summed E-state index contributed by atoms with van der Waals surface area (Å²) >= 11 is 0. The summed E-state index contributed by atoms with van der Waals surface area (Å²) in [6.07, 6.45) is 2.44. The highest BCUT2D eigenvalue weighted by Gasteiger charge is 2.57. The van der Waals surface area contributed by atoms with Gasteiger partial charge >= 0.3 is 18.6 Å². The molecule has 8 heteroatoms. The molecule has 0 aromatic rings. The smallest absolute Gasteiger partial charge is 0.387 e. The number of carbonyl (C=O) groups is 2. The molecule has 1 aliphatic heterocycles. The molecule has 1 heterocycles. The Morgan fingerprint density at radius 1 is 1.25 bits per heavy atom. The summed E-state index contributed by atoms with van der Waals surface area (Å²) < 4.78 is 35.2. The number of ether oxygens (including phenoxy) is 2. The second-order valence-corrected chi connectivity index (χ2v) is 5.62. The second-order valence-electron chi connectivity index (χ2n) is 5.62. The third-order valence-corrected chi connectivity index (χ3v) is 4.67. The van der Waals surface area contributed by atoms with Crippen LogP contribution in [0.25, 0.3) is 0 Å². The maximum Gasteiger partial charge on any atom is 0.387 e. The van der Waals surface area contributed by atoms with Gasteiger partial charge in [0.1, 0.15) is 5.41 Å². The number of aliphatic carboxylic acids is 2. The summed E-state index contributed by atoms with van der Waals surface area (Å²) in [6.45, 7) is 1.47. The van der Waals surface area contributed by atoms with E-state index in [1.54, 1.807) is 13.8 Å². The van der Waals surface area contributed by atoms with Crippen molar-refractivity contribution in [1.82, 2.24) is 0 Å². The number of carboxylic acids is 2. The lowest BCUT2D eigenvalue weighted by atomic mass is 9.71. The first-order chi connectivity index (χ1) is 11.2. The maximum absolute atomic E-state index is 12.6. The van der Waals surface area contributed by atoms with Gasteiger partial charge in [-0.3, -0.25) is 4.79 Å². The number of alkyl halides is 2. The molecule has 24 heavy (non-hydrogen) atoms. The molecular formula is C16H18F2O6. The summed E-state index contributed by atoms with van der Waals surface area (Å²) in [7, 11) is 0. The number of allylic oxidation sites excluding steroid dienone is 2. The zero-order valence-electron chi connectivity index (χ0n) is 13.4. The molecule has 2 unspecified atom stereocenters. The largest absolute Gasteiger partial charge is 0.480 e. The first-order valence-electron chi connectivity index (χ1n) is 7.42. The highest BCUT2D eigenvalue weighted by atomic mass is 19.3. The van der Waals surface area contributed by atoms with Crippen LogP contribution in [0.15, 0.2) is 34.8 Å². The fourth-order valence-electron chi connectivity index (χ4n) is 3.27. The van der Waals surface area contributed by atoms with Gasteiger partial charge in [0.15, 0.2) is 11.5 Å². The average Bonchev–Trinajstić information content (AvgIpc) is 2.82. The molecule has 0 amide bonds. The summed E-state index contributed by atoms with van der Waals surface area (Å²) in [4.78, 5) is 23.7. The molecule has 0 fully saturated rings. The van der Waals surface area contributed by atoms with Crippen LogP contribution in [0.2, 0.25) is 0 Å². The van der Waals surface area contributed by atoms with Crippen LogP contribution in [-0.4, -0.2) is 34.4 Å². The van der Waals surface area contributed by atoms with E-state index in [4.69, 9.17) is 4.74 Å². The van der Waals surface area contributed by atoms with E-state index in [2.05, 4.69) is 4.74 Å². The van der Waals surface area contributed by atoms with Gasteiger partial charge < -0.3 is 19.7 Å². The lowest BCUT2D eigenvalue weighted by molar-refractivity contribution is -0.155. The molecule has 2 rings (SSSR count). The zero-order valence-corrected chi connectivity index (χ0v) is 13.4. The number of halogens is 2. The van der Waals surface area contributed by atoms with Gasteiger partial charge in [0, 0.05) is 5.57 Å². The molecule has 0 saturated heterocycles. The van der Waals surface area contributed by atoms with Crippen molar-refractivity contribution in [1.29, 1.82) is 0 Å². The molecule has 0 saturated carbocycles. The van der Waals surface area contributed by atoms with Crippen molar-refractivity contribution in [3.63, 3.8) is 0 Å². The average molecular weight is 344 g/mol. The van der Waals surface area contributed by atoms with E-state index in [-0.39, 0.29) is 35.5 Å². The van der Waals surface area contributed by atoms with Gasteiger partial charge in [0.05, 0.1) is 0 Å². The predicted molar refractivity (Wildman–Crippen MR) is 78.1 cm³/mol. The molecule has 0 radical (unpaired) electrons.